The zero-order valence-corrected chi connectivity index (χ0v) is 13.3. The summed E-state index contributed by atoms with van der Waals surface area (Å²) in [6.07, 6.45) is 1.02. The molecule has 4 nitrogen and oxygen atoms in total. The van der Waals surface area contributed by atoms with Crippen LogP contribution in [0.15, 0.2) is 59.8 Å². The van der Waals surface area contributed by atoms with Crippen molar-refractivity contribution < 1.29 is 9.18 Å². The fourth-order valence-electron chi connectivity index (χ4n) is 3.42. The molecule has 0 unspecified atom stereocenters. The SMILES string of the molecule is O=NC(=O)C1(c2ccc(F)cc2)CCN(Cc2ccccc2)CC1. The third-order valence-corrected chi connectivity index (χ3v) is 4.85. The zero-order chi connectivity index (χ0) is 17.0. The first-order valence-electron chi connectivity index (χ1n) is 8.04. The van der Waals surface area contributed by atoms with Gasteiger partial charge in [0, 0.05) is 11.7 Å². The third kappa shape index (κ3) is 3.26. The van der Waals surface area contributed by atoms with Crippen molar-refractivity contribution in [3.8, 4) is 0 Å². The molecular formula is C19H19FN2O2. The van der Waals surface area contributed by atoms with E-state index >= 15 is 0 Å². The van der Waals surface area contributed by atoms with Crippen LogP contribution in [0.3, 0.4) is 0 Å². The van der Waals surface area contributed by atoms with Crippen molar-refractivity contribution in [3.63, 3.8) is 0 Å². The molecule has 2 aromatic rings. The normalized spacial score (nSPS) is 17.4. The van der Waals surface area contributed by atoms with Gasteiger partial charge in [-0.25, -0.2) is 4.39 Å². The van der Waals surface area contributed by atoms with Crippen LogP contribution in [0, 0.1) is 10.7 Å². The summed E-state index contributed by atoms with van der Waals surface area (Å²) in [5, 5.41) is 2.69. The van der Waals surface area contributed by atoms with Crippen molar-refractivity contribution in [1.29, 1.82) is 0 Å². The maximum Gasteiger partial charge on any atom is 0.296 e. The van der Waals surface area contributed by atoms with Crippen molar-refractivity contribution in [2.75, 3.05) is 13.1 Å². The Kier molecular flexibility index (Phi) is 4.81. The molecule has 1 amide bonds. The molecule has 24 heavy (non-hydrogen) atoms. The number of carbonyl (C=O) groups excluding carboxylic acids is 1. The first-order valence-corrected chi connectivity index (χ1v) is 8.04. The average Bonchev–Trinajstić information content (AvgIpc) is 2.63. The maximum absolute atomic E-state index is 13.2. The lowest BCUT2D eigenvalue weighted by molar-refractivity contribution is -0.125. The summed E-state index contributed by atoms with van der Waals surface area (Å²) < 4.78 is 13.2. The monoisotopic (exact) mass is 326 g/mol. The molecule has 1 saturated heterocycles. The minimum Gasteiger partial charge on any atom is -0.299 e. The Bertz CT molecular complexity index is 708. The van der Waals surface area contributed by atoms with Crippen molar-refractivity contribution in [1.82, 2.24) is 4.90 Å². The van der Waals surface area contributed by atoms with Crippen molar-refractivity contribution in [2.24, 2.45) is 5.18 Å². The summed E-state index contributed by atoms with van der Waals surface area (Å²) >= 11 is 0. The van der Waals surface area contributed by atoms with Crippen LogP contribution in [0.25, 0.3) is 0 Å². The summed E-state index contributed by atoms with van der Waals surface area (Å²) in [7, 11) is 0. The highest BCUT2D eigenvalue weighted by Gasteiger charge is 2.43. The number of likely N-dealkylation sites (tertiary alicyclic amines) is 1. The molecule has 0 spiro atoms. The predicted molar refractivity (Wildman–Crippen MR) is 89.8 cm³/mol. The maximum atomic E-state index is 13.2. The molecule has 3 rings (SSSR count). The van der Waals surface area contributed by atoms with Gasteiger partial charge in [0.05, 0.1) is 5.41 Å². The molecule has 2 aromatic carbocycles. The average molecular weight is 326 g/mol. The van der Waals surface area contributed by atoms with E-state index in [2.05, 4.69) is 22.2 Å². The zero-order valence-electron chi connectivity index (χ0n) is 13.3. The van der Waals surface area contributed by atoms with E-state index in [0.717, 1.165) is 6.54 Å². The summed E-state index contributed by atoms with van der Waals surface area (Å²) in [5.74, 6) is -1.02. The molecule has 0 atom stereocenters. The van der Waals surface area contributed by atoms with E-state index in [0.29, 0.717) is 31.5 Å². The second-order valence-electron chi connectivity index (χ2n) is 6.25. The third-order valence-electron chi connectivity index (χ3n) is 4.85. The molecule has 0 bridgehead atoms. The lowest BCUT2D eigenvalue weighted by Gasteiger charge is -2.39. The van der Waals surface area contributed by atoms with Crippen LogP contribution in [0.4, 0.5) is 4.39 Å². The number of hydrogen-bond acceptors (Lipinski definition) is 3. The summed E-state index contributed by atoms with van der Waals surface area (Å²) in [6, 6.07) is 15.9. The molecule has 124 valence electrons. The number of rotatable bonds is 4. The molecule has 5 heteroatoms. The minimum absolute atomic E-state index is 0.359. The lowest BCUT2D eigenvalue weighted by Crippen LogP contribution is -2.46. The summed E-state index contributed by atoms with van der Waals surface area (Å²) in [6.45, 7) is 2.18. The molecule has 0 radical (unpaired) electrons. The van der Waals surface area contributed by atoms with E-state index in [1.807, 2.05) is 18.2 Å². The second-order valence-corrected chi connectivity index (χ2v) is 6.25. The van der Waals surface area contributed by atoms with Crippen LogP contribution in [0.2, 0.25) is 0 Å². The number of amides is 1. The number of halogens is 1. The quantitative estimate of drug-likeness (QED) is 0.806. The Balaban J connectivity index is 1.77. The second kappa shape index (κ2) is 7.01. The van der Waals surface area contributed by atoms with E-state index in [9.17, 15) is 14.1 Å². The molecule has 1 aliphatic heterocycles. The Hall–Kier alpha value is -2.40. The molecule has 0 aromatic heterocycles. The number of nitrogens with zero attached hydrogens (tertiary/aromatic N) is 2. The topological polar surface area (TPSA) is 49.7 Å². The standard InChI is InChI=1S/C19H19FN2O2/c20-17-8-6-16(7-9-17)19(18(23)21-24)10-12-22(13-11-19)14-15-4-2-1-3-5-15/h1-9H,10-14H2. The van der Waals surface area contributed by atoms with Crippen LogP contribution >= 0.6 is 0 Å². The first kappa shape index (κ1) is 16.5. The Labute approximate surface area is 140 Å². The van der Waals surface area contributed by atoms with E-state index in [4.69, 9.17) is 0 Å². The van der Waals surface area contributed by atoms with E-state index in [-0.39, 0.29) is 5.82 Å². The predicted octanol–water partition coefficient (Wildman–Crippen LogP) is 3.65. The van der Waals surface area contributed by atoms with Crippen LogP contribution in [-0.2, 0) is 16.8 Å². The number of carbonyl (C=O) groups is 1. The smallest absolute Gasteiger partial charge is 0.296 e. The molecule has 1 aliphatic rings. The van der Waals surface area contributed by atoms with Gasteiger partial charge in [0.1, 0.15) is 5.82 Å². The molecular weight excluding hydrogens is 307 g/mol. The summed E-state index contributed by atoms with van der Waals surface area (Å²) in [5.41, 5.74) is 0.960. The van der Waals surface area contributed by atoms with Gasteiger partial charge in [0.2, 0.25) is 0 Å². The largest absolute Gasteiger partial charge is 0.299 e. The van der Waals surface area contributed by atoms with E-state index < -0.39 is 11.3 Å². The molecule has 1 heterocycles. The van der Waals surface area contributed by atoms with Gasteiger partial charge in [0.25, 0.3) is 5.91 Å². The fourth-order valence-corrected chi connectivity index (χ4v) is 3.42. The molecule has 0 saturated carbocycles. The molecule has 0 N–H and O–H groups in total. The van der Waals surface area contributed by atoms with Gasteiger partial charge in [-0.15, -0.1) is 4.91 Å². The number of piperidine rings is 1. The Morgan fingerprint density at radius 2 is 1.67 bits per heavy atom. The highest BCUT2D eigenvalue weighted by Crippen LogP contribution is 2.37. The van der Waals surface area contributed by atoms with Crippen LogP contribution < -0.4 is 0 Å². The Morgan fingerprint density at radius 1 is 1.04 bits per heavy atom. The van der Waals surface area contributed by atoms with Gasteiger partial charge >= 0.3 is 0 Å². The number of benzene rings is 2. The highest BCUT2D eigenvalue weighted by molar-refractivity contribution is 5.89. The molecule has 0 aliphatic carbocycles. The summed E-state index contributed by atoms with van der Waals surface area (Å²) in [4.78, 5) is 25.4. The van der Waals surface area contributed by atoms with Crippen molar-refractivity contribution in [3.05, 3.63) is 76.4 Å². The van der Waals surface area contributed by atoms with Gasteiger partial charge in [-0.05, 0) is 49.2 Å². The van der Waals surface area contributed by atoms with Crippen LogP contribution in [0.1, 0.15) is 24.0 Å². The number of hydrogen-bond donors (Lipinski definition) is 0. The highest BCUT2D eigenvalue weighted by atomic mass is 19.1. The minimum atomic E-state index is -0.928. The Morgan fingerprint density at radius 3 is 2.25 bits per heavy atom. The van der Waals surface area contributed by atoms with E-state index in [1.165, 1.54) is 17.7 Å². The van der Waals surface area contributed by atoms with Gasteiger partial charge in [-0.1, -0.05) is 42.5 Å². The van der Waals surface area contributed by atoms with Crippen molar-refractivity contribution in [2.45, 2.75) is 24.8 Å². The lowest BCUT2D eigenvalue weighted by atomic mass is 9.72. The number of nitroso groups, excluding NO2 is 1. The fraction of sp³-hybridized carbons (Fsp3) is 0.316. The van der Waals surface area contributed by atoms with Crippen molar-refractivity contribution >= 4 is 5.91 Å². The molecule has 1 fully saturated rings. The van der Waals surface area contributed by atoms with Gasteiger partial charge in [-0.2, -0.15) is 0 Å². The van der Waals surface area contributed by atoms with Crippen LogP contribution in [0.5, 0.6) is 0 Å². The van der Waals surface area contributed by atoms with Gasteiger partial charge in [0.15, 0.2) is 0 Å². The first-order chi connectivity index (χ1) is 11.6. The van der Waals surface area contributed by atoms with E-state index in [1.54, 1.807) is 12.1 Å². The van der Waals surface area contributed by atoms with Gasteiger partial charge < -0.3 is 0 Å². The van der Waals surface area contributed by atoms with Gasteiger partial charge in [-0.3, -0.25) is 9.69 Å². The van der Waals surface area contributed by atoms with Crippen LogP contribution in [-0.4, -0.2) is 23.9 Å².